The fourth-order valence-corrected chi connectivity index (χ4v) is 2.81. The van der Waals surface area contributed by atoms with Gasteiger partial charge in [0.15, 0.2) is 0 Å². The summed E-state index contributed by atoms with van der Waals surface area (Å²) in [4.78, 5) is 24.7. The lowest BCUT2D eigenvalue weighted by Gasteiger charge is -2.29. The highest BCUT2D eigenvalue weighted by Crippen LogP contribution is 2.19. The lowest BCUT2D eigenvalue weighted by Crippen LogP contribution is -2.33. The minimum Gasteiger partial charge on any atom is -0.343 e. The smallest absolute Gasteiger partial charge is 0.272 e. The van der Waals surface area contributed by atoms with Crippen molar-refractivity contribution in [3.05, 3.63) is 23.3 Å². The van der Waals surface area contributed by atoms with Crippen molar-refractivity contribution in [2.45, 2.75) is 26.2 Å². The van der Waals surface area contributed by atoms with Crippen LogP contribution in [0.4, 0.5) is 0 Å². The predicted molar refractivity (Wildman–Crippen MR) is 78.7 cm³/mol. The molecular formula is C15H24N4O. The van der Waals surface area contributed by atoms with Crippen molar-refractivity contribution in [1.82, 2.24) is 19.8 Å². The average Bonchev–Trinajstić information content (AvgIpc) is 2.37. The van der Waals surface area contributed by atoms with Crippen LogP contribution in [0.5, 0.6) is 0 Å². The average molecular weight is 276 g/mol. The summed E-state index contributed by atoms with van der Waals surface area (Å²) in [6.07, 6.45) is 3.42. The van der Waals surface area contributed by atoms with Gasteiger partial charge in [0.1, 0.15) is 11.5 Å². The van der Waals surface area contributed by atoms with Gasteiger partial charge in [-0.15, -0.1) is 0 Å². The van der Waals surface area contributed by atoms with Crippen LogP contribution in [-0.4, -0.2) is 59.9 Å². The van der Waals surface area contributed by atoms with E-state index in [0.29, 0.717) is 17.4 Å². The van der Waals surface area contributed by atoms with Crippen molar-refractivity contribution >= 4 is 5.91 Å². The minimum absolute atomic E-state index is 0.0579. The Labute approximate surface area is 121 Å². The van der Waals surface area contributed by atoms with Gasteiger partial charge in [0.25, 0.3) is 5.91 Å². The number of aryl methyl sites for hydroxylation is 1. The molecule has 0 N–H and O–H groups in total. The number of piperidine rings is 1. The highest BCUT2D eigenvalue weighted by molar-refractivity contribution is 5.91. The standard InChI is InChI=1S/C15H24N4O/c1-11-16-13(8-12-6-5-7-19(4)10-12)9-14(17-11)15(20)18(2)3/h9,12H,5-8,10H2,1-4H3/t12-/m0/s1. The second-order valence-electron chi connectivity index (χ2n) is 5.97. The van der Waals surface area contributed by atoms with Gasteiger partial charge in [0.05, 0.1) is 0 Å². The van der Waals surface area contributed by atoms with Gasteiger partial charge >= 0.3 is 0 Å². The quantitative estimate of drug-likeness (QED) is 0.836. The zero-order valence-electron chi connectivity index (χ0n) is 12.9. The number of likely N-dealkylation sites (tertiary alicyclic amines) is 1. The van der Waals surface area contributed by atoms with Crippen LogP contribution in [0.3, 0.4) is 0 Å². The van der Waals surface area contributed by atoms with Gasteiger partial charge in [-0.25, -0.2) is 9.97 Å². The normalized spacial score (nSPS) is 19.9. The summed E-state index contributed by atoms with van der Waals surface area (Å²) in [6.45, 7) is 4.15. The molecule has 1 saturated heterocycles. The molecule has 0 aliphatic carbocycles. The zero-order valence-corrected chi connectivity index (χ0v) is 12.9. The van der Waals surface area contributed by atoms with Crippen molar-refractivity contribution in [2.75, 3.05) is 34.2 Å². The van der Waals surface area contributed by atoms with Crippen LogP contribution >= 0.6 is 0 Å². The van der Waals surface area contributed by atoms with E-state index in [1.54, 1.807) is 19.0 Å². The van der Waals surface area contributed by atoms with E-state index in [-0.39, 0.29) is 5.91 Å². The van der Waals surface area contributed by atoms with E-state index in [9.17, 15) is 4.79 Å². The Balaban J connectivity index is 2.13. The molecule has 0 aromatic carbocycles. The molecule has 0 bridgehead atoms. The molecule has 1 amide bonds. The van der Waals surface area contributed by atoms with Crippen LogP contribution < -0.4 is 0 Å². The predicted octanol–water partition coefficient (Wildman–Crippen LogP) is 1.37. The molecule has 1 aromatic rings. The molecular weight excluding hydrogens is 252 g/mol. The number of carbonyl (C=O) groups is 1. The number of nitrogens with zero attached hydrogens (tertiary/aromatic N) is 4. The minimum atomic E-state index is -0.0579. The monoisotopic (exact) mass is 276 g/mol. The molecule has 110 valence electrons. The number of rotatable bonds is 3. The largest absolute Gasteiger partial charge is 0.343 e. The maximum Gasteiger partial charge on any atom is 0.272 e. The molecule has 1 aromatic heterocycles. The molecule has 20 heavy (non-hydrogen) atoms. The van der Waals surface area contributed by atoms with E-state index >= 15 is 0 Å². The molecule has 1 aliphatic rings. The molecule has 1 aliphatic heterocycles. The first-order valence-electron chi connectivity index (χ1n) is 7.20. The maximum atomic E-state index is 12.0. The summed E-state index contributed by atoms with van der Waals surface area (Å²) in [5, 5.41) is 0. The lowest BCUT2D eigenvalue weighted by molar-refractivity contribution is 0.0821. The summed E-state index contributed by atoms with van der Waals surface area (Å²) in [5.74, 6) is 1.25. The van der Waals surface area contributed by atoms with Crippen molar-refractivity contribution < 1.29 is 4.79 Å². The van der Waals surface area contributed by atoms with Gasteiger partial charge in [-0.05, 0) is 51.8 Å². The second kappa shape index (κ2) is 6.31. The van der Waals surface area contributed by atoms with Crippen LogP contribution in [-0.2, 0) is 6.42 Å². The molecule has 2 rings (SSSR count). The number of hydrogen-bond acceptors (Lipinski definition) is 4. The Hall–Kier alpha value is -1.49. The van der Waals surface area contributed by atoms with E-state index in [1.807, 2.05) is 13.0 Å². The van der Waals surface area contributed by atoms with Crippen LogP contribution in [0.25, 0.3) is 0 Å². The molecule has 0 radical (unpaired) electrons. The van der Waals surface area contributed by atoms with Crippen LogP contribution in [0.1, 0.15) is 34.8 Å². The maximum absolute atomic E-state index is 12.0. The molecule has 0 spiro atoms. The number of carbonyl (C=O) groups excluding carboxylic acids is 1. The van der Waals surface area contributed by atoms with Gasteiger partial charge in [0, 0.05) is 26.3 Å². The number of aromatic nitrogens is 2. The summed E-state index contributed by atoms with van der Waals surface area (Å²) >= 11 is 0. The van der Waals surface area contributed by atoms with E-state index in [2.05, 4.69) is 21.9 Å². The van der Waals surface area contributed by atoms with E-state index in [0.717, 1.165) is 18.7 Å². The van der Waals surface area contributed by atoms with Crippen LogP contribution in [0.15, 0.2) is 6.07 Å². The van der Waals surface area contributed by atoms with Crippen molar-refractivity contribution in [3.63, 3.8) is 0 Å². The van der Waals surface area contributed by atoms with Gasteiger partial charge in [0.2, 0.25) is 0 Å². The first-order chi connectivity index (χ1) is 9.45. The summed E-state index contributed by atoms with van der Waals surface area (Å²) < 4.78 is 0. The topological polar surface area (TPSA) is 49.3 Å². The highest BCUT2D eigenvalue weighted by Gasteiger charge is 2.19. The van der Waals surface area contributed by atoms with Gasteiger partial charge in [-0.1, -0.05) is 0 Å². The Bertz CT molecular complexity index is 487. The van der Waals surface area contributed by atoms with Gasteiger partial charge in [-0.3, -0.25) is 4.79 Å². The zero-order chi connectivity index (χ0) is 14.7. The second-order valence-corrected chi connectivity index (χ2v) is 5.97. The highest BCUT2D eigenvalue weighted by atomic mass is 16.2. The van der Waals surface area contributed by atoms with Crippen LogP contribution in [0.2, 0.25) is 0 Å². The van der Waals surface area contributed by atoms with Crippen molar-refractivity contribution in [1.29, 1.82) is 0 Å². The SMILES string of the molecule is Cc1nc(C[C@@H]2CCCN(C)C2)cc(C(=O)N(C)C)n1. The fraction of sp³-hybridized carbons (Fsp3) is 0.667. The van der Waals surface area contributed by atoms with Gasteiger partial charge < -0.3 is 9.80 Å². The Morgan fingerprint density at radius 2 is 2.20 bits per heavy atom. The lowest BCUT2D eigenvalue weighted by atomic mass is 9.93. The molecule has 5 heteroatoms. The molecule has 1 fully saturated rings. The first kappa shape index (κ1) is 14.9. The Kier molecular flexibility index (Phi) is 4.70. The summed E-state index contributed by atoms with van der Waals surface area (Å²) in [7, 11) is 5.66. The number of amides is 1. The third kappa shape index (κ3) is 3.76. The first-order valence-corrected chi connectivity index (χ1v) is 7.20. The molecule has 1 atom stereocenters. The number of hydrogen-bond donors (Lipinski definition) is 0. The molecule has 5 nitrogen and oxygen atoms in total. The van der Waals surface area contributed by atoms with Crippen molar-refractivity contribution in [3.8, 4) is 0 Å². The van der Waals surface area contributed by atoms with Gasteiger partial charge in [-0.2, -0.15) is 0 Å². The molecule has 0 unspecified atom stereocenters. The molecule has 0 saturated carbocycles. The van der Waals surface area contributed by atoms with E-state index < -0.39 is 0 Å². The van der Waals surface area contributed by atoms with Crippen molar-refractivity contribution in [2.24, 2.45) is 5.92 Å². The molecule has 2 heterocycles. The summed E-state index contributed by atoms with van der Waals surface area (Å²) in [6, 6.07) is 1.85. The van der Waals surface area contributed by atoms with Crippen LogP contribution in [0, 0.1) is 12.8 Å². The summed E-state index contributed by atoms with van der Waals surface area (Å²) in [5.41, 5.74) is 1.49. The van der Waals surface area contributed by atoms with E-state index in [4.69, 9.17) is 0 Å². The third-order valence-corrected chi connectivity index (χ3v) is 3.74. The fourth-order valence-electron chi connectivity index (χ4n) is 2.81. The Morgan fingerprint density at radius 1 is 1.45 bits per heavy atom. The third-order valence-electron chi connectivity index (χ3n) is 3.74. The van der Waals surface area contributed by atoms with E-state index in [1.165, 1.54) is 19.4 Å². The Morgan fingerprint density at radius 3 is 2.85 bits per heavy atom.